The van der Waals surface area contributed by atoms with E-state index in [9.17, 15) is 35.2 Å². The highest BCUT2D eigenvalue weighted by Crippen LogP contribution is 2.28. The van der Waals surface area contributed by atoms with Gasteiger partial charge in [0.25, 0.3) is 0 Å². The third kappa shape index (κ3) is 5.51. The highest BCUT2D eigenvalue weighted by molar-refractivity contribution is 7.88. The van der Waals surface area contributed by atoms with Crippen molar-refractivity contribution in [2.24, 2.45) is 0 Å². The Kier molecular flexibility index (Phi) is 6.96. The highest BCUT2D eigenvalue weighted by atomic mass is 32.2. The van der Waals surface area contributed by atoms with Crippen LogP contribution in [0.3, 0.4) is 0 Å². The lowest BCUT2D eigenvalue weighted by Crippen LogP contribution is -2.28. The summed E-state index contributed by atoms with van der Waals surface area (Å²) in [4.78, 5) is 12.1. The Morgan fingerprint density at radius 3 is 2.10 bits per heavy atom. The largest absolute Gasteiger partial charge is 0.534 e. The molecule has 0 saturated carbocycles. The molecule has 11 heteroatoms. The third-order valence-electron chi connectivity index (χ3n) is 4.02. The number of ketones is 1. The first kappa shape index (κ1) is 22.8. The molecular formula is C18H16F5NO4S. The van der Waals surface area contributed by atoms with Gasteiger partial charge in [0.1, 0.15) is 17.4 Å². The molecule has 0 unspecified atom stereocenters. The number of carbonyl (C=O) groups excluding carboxylic acids is 1. The van der Waals surface area contributed by atoms with Crippen molar-refractivity contribution in [3.63, 3.8) is 0 Å². The van der Waals surface area contributed by atoms with Gasteiger partial charge in [0.15, 0.2) is 5.78 Å². The van der Waals surface area contributed by atoms with Crippen LogP contribution in [0.1, 0.15) is 34.8 Å². The van der Waals surface area contributed by atoms with Crippen LogP contribution < -0.4 is 9.50 Å². The molecule has 158 valence electrons. The molecule has 0 saturated heterocycles. The van der Waals surface area contributed by atoms with Gasteiger partial charge in [-0.25, -0.2) is 8.78 Å². The van der Waals surface area contributed by atoms with Crippen LogP contribution in [0.2, 0.25) is 0 Å². The number of carbonyl (C=O) groups is 1. The average Bonchev–Trinajstić information content (AvgIpc) is 2.62. The van der Waals surface area contributed by atoms with Crippen molar-refractivity contribution in [3.8, 4) is 5.75 Å². The molecular weight excluding hydrogens is 421 g/mol. The van der Waals surface area contributed by atoms with E-state index in [-0.39, 0.29) is 12.8 Å². The number of alkyl halides is 3. The molecule has 0 aliphatic carbocycles. The van der Waals surface area contributed by atoms with Crippen LogP contribution in [0.15, 0.2) is 42.5 Å². The minimum Gasteiger partial charge on any atom is -0.376 e. The molecule has 0 radical (unpaired) electrons. The second-order valence-corrected chi connectivity index (χ2v) is 7.49. The highest BCUT2D eigenvalue weighted by Gasteiger charge is 2.48. The number of halogens is 5. The van der Waals surface area contributed by atoms with Crippen LogP contribution in [-0.4, -0.2) is 26.8 Å². The Bertz CT molecular complexity index is 954. The van der Waals surface area contributed by atoms with Crippen molar-refractivity contribution in [3.05, 3.63) is 65.2 Å². The number of benzene rings is 2. The van der Waals surface area contributed by atoms with Crippen molar-refractivity contribution in [1.29, 1.82) is 0 Å². The predicted octanol–water partition coefficient (Wildman–Crippen LogP) is 4.12. The predicted molar refractivity (Wildman–Crippen MR) is 93.8 cm³/mol. The van der Waals surface area contributed by atoms with Gasteiger partial charge in [0.2, 0.25) is 0 Å². The smallest absolute Gasteiger partial charge is 0.376 e. The number of nitrogens with one attached hydrogen (secondary N) is 1. The fraction of sp³-hybridized carbons (Fsp3) is 0.278. The Morgan fingerprint density at radius 1 is 1.07 bits per heavy atom. The van der Waals surface area contributed by atoms with E-state index in [2.05, 4.69) is 9.50 Å². The van der Waals surface area contributed by atoms with Crippen LogP contribution in [0.4, 0.5) is 22.0 Å². The molecule has 29 heavy (non-hydrogen) atoms. The zero-order valence-corrected chi connectivity index (χ0v) is 15.8. The van der Waals surface area contributed by atoms with Gasteiger partial charge in [-0.15, -0.1) is 0 Å². The fourth-order valence-electron chi connectivity index (χ4n) is 2.57. The van der Waals surface area contributed by atoms with E-state index in [4.69, 9.17) is 0 Å². The molecule has 0 amide bonds. The summed E-state index contributed by atoms with van der Waals surface area (Å²) in [6, 6.07) is 7.29. The third-order valence-corrected chi connectivity index (χ3v) is 5.00. The van der Waals surface area contributed by atoms with Gasteiger partial charge in [0.05, 0.1) is 5.56 Å². The molecule has 2 aromatic carbocycles. The lowest BCUT2D eigenvalue weighted by atomic mass is 9.98. The summed E-state index contributed by atoms with van der Waals surface area (Å²) < 4.78 is 90.4. The number of rotatable bonds is 8. The molecule has 1 N–H and O–H groups in total. The van der Waals surface area contributed by atoms with Crippen LogP contribution in [0.25, 0.3) is 0 Å². The van der Waals surface area contributed by atoms with Crippen LogP contribution >= 0.6 is 0 Å². The molecule has 0 fully saturated rings. The van der Waals surface area contributed by atoms with E-state index in [1.807, 2.05) is 0 Å². The molecule has 0 aliphatic heterocycles. The summed E-state index contributed by atoms with van der Waals surface area (Å²) in [7, 11) is -4.23. The number of hydrogen-bond acceptors (Lipinski definition) is 5. The zero-order valence-electron chi connectivity index (χ0n) is 15.0. The second kappa shape index (κ2) is 8.87. The maximum atomic E-state index is 13.7. The first-order chi connectivity index (χ1) is 13.5. The first-order valence-corrected chi connectivity index (χ1v) is 9.62. The molecule has 1 atom stereocenters. The Labute approximate surface area is 163 Å². The van der Waals surface area contributed by atoms with Gasteiger partial charge in [-0.3, -0.25) is 4.79 Å². The van der Waals surface area contributed by atoms with E-state index < -0.39 is 50.4 Å². The molecule has 0 aliphatic rings. The second-order valence-electron chi connectivity index (χ2n) is 5.95. The first-order valence-electron chi connectivity index (χ1n) is 8.21. The summed E-state index contributed by atoms with van der Waals surface area (Å²) in [5.41, 5.74) is -5.68. The van der Waals surface area contributed by atoms with Crippen LogP contribution in [-0.2, 0) is 10.1 Å². The molecule has 2 rings (SSSR count). The maximum Gasteiger partial charge on any atom is 0.534 e. The number of Topliss-reactive ketones (excluding diaryl/α,β-unsaturated/α-hetero) is 1. The van der Waals surface area contributed by atoms with Gasteiger partial charge in [0, 0.05) is 12.5 Å². The van der Waals surface area contributed by atoms with E-state index in [1.54, 1.807) is 7.05 Å². The fourth-order valence-corrected chi connectivity index (χ4v) is 3.03. The standard InChI is InChI=1S/C18H16F5NO4S/c1-24-15(9-10-16(25)17-13(19)3-2-4-14(17)20)11-5-7-12(8-6-11)28-29(26,27)18(21,22)23/h2-8,15,24H,9-10H2,1H3/t15-/m1/s1. The van der Waals surface area contributed by atoms with Gasteiger partial charge in [-0.1, -0.05) is 18.2 Å². The van der Waals surface area contributed by atoms with Gasteiger partial charge in [-0.05, 0) is 43.3 Å². The Balaban J connectivity index is 2.08. The van der Waals surface area contributed by atoms with Gasteiger partial charge in [-0.2, -0.15) is 21.6 Å². The van der Waals surface area contributed by atoms with E-state index >= 15 is 0 Å². The molecule has 5 nitrogen and oxygen atoms in total. The van der Waals surface area contributed by atoms with Crippen molar-refractivity contribution in [1.82, 2.24) is 5.32 Å². The summed E-state index contributed by atoms with van der Waals surface area (Å²) in [5, 5.41) is 2.87. The van der Waals surface area contributed by atoms with Crippen molar-refractivity contribution < 1.29 is 39.3 Å². The van der Waals surface area contributed by atoms with E-state index in [0.29, 0.717) is 5.56 Å². The summed E-state index contributed by atoms with van der Waals surface area (Å²) in [5.74, 6) is -3.21. The van der Waals surface area contributed by atoms with Crippen molar-refractivity contribution in [2.75, 3.05) is 7.05 Å². The lowest BCUT2D eigenvalue weighted by molar-refractivity contribution is -0.0500. The maximum absolute atomic E-state index is 13.7. The van der Waals surface area contributed by atoms with Crippen molar-refractivity contribution in [2.45, 2.75) is 24.4 Å². The molecule has 2 aromatic rings. The quantitative estimate of drug-likeness (QED) is 0.291. The summed E-state index contributed by atoms with van der Waals surface area (Å²) in [6.45, 7) is 0. The normalized spacial score (nSPS) is 13.2. The molecule has 0 bridgehead atoms. The monoisotopic (exact) mass is 437 g/mol. The molecule has 0 spiro atoms. The van der Waals surface area contributed by atoms with Crippen molar-refractivity contribution >= 4 is 15.9 Å². The lowest BCUT2D eigenvalue weighted by Gasteiger charge is -2.17. The zero-order chi connectivity index (χ0) is 21.8. The molecule has 0 aromatic heterocycles. The van der Waals surface area contributed by atoms with E-state index in [1.165, 1.54) is 12.1 Å². The minimum atomic E-state index is -5.78. The minimum absolute atomic E-state index is 0.129. The van der Waals surface area contributed by atoms with Gasteiger partial charge < -0.3 is 9.50 Å². The topological polar surface area (TPSA) is 72.5 Å². The molecule has 0 heterocycles. The number of hydrogen-bond donors (Lipinski definition) is 1. The summed E-state index contributed by atoms with van der Waals surface area (Å²) >= 11 is 0. The average molecular weight is 437 g/mol. The van der Waals surface area contributed by atoms with Crippen LogP contribution in [0, 0.1) is 11.6 Å². The van der Waals surface area contributed by atoms with Gasteiger partial charge >= 0.3 is 15.6 Å². The van der Waals surface area contributed by atoms with E-state index in [0.717, 1.165) is 30.3 Å². The summed E-state index contributed by atoms with van der Waals surface area (Å²) in [6.07, 6.45) is -0.0752. The van der Waals surface area contributed by atoms with Crippen LogP contribution in [0.5, 0.6) is 5.75 Å². The SMILES string of the molecule is CN[C@H](CCC(=O)c1c(F)cccc1F)c1ccc(OS(=O)(=O)C(F)(F)F)cc1. The Hall–Kier alpha value is -2.53. The Morgan fingerprint density at radius 2 is 1.62 bits per heavy atom.